The molecule has 0 fully saturated rings. The predicted octanol–water partition coefficient (Wildman–Crippen LogP) is 4.71. The molecule has 1 rings (SSSR count). The van der Waals surface area contributed by atoms with Gasteiger partial charge in [0, 0.05) is 11.6 Å². The molecule has 1 atom stereocenters. The molecule has 1 aromatic rings. The fourth-order valence-electron chi connectivity index (χ4n) is 2.02. The van der Waals surface area contributed by atoms with Crippen molar-refractivity contribution in [2.45, 2.75) is 52.1 Å². The number of unbranched alkanes of at least 4 members (excludes halogenated alkanes) is 3. The maximum atomic E-state index is 11.1. The average molecular weight is 314 g/mol. The van der Waals surface area contributed by atoms with Crippen LogP contribution in [0.3, 0.4) is 0 Å². The van der Waals surface area contributed by atoms with Crippen LogP contribution in [-0.4, -0.2) is 16.3 Å². The standard InChI is InChI=1S/C15H20ClNO4/c1-3-4-5-6-7-11(2)21-14-9-8-12(15(16)18)10-13(14)17(19)20/h8-11H,3-7H2,1-2H3/t11-/m0/s1. The molecule has 0 bridgehead atoms. The molecule has 0 saturated carbocycles. The first-order chi connectivity index (χ1) is 9.95. The molecule has 21 heavy (non-hydrogen) atoms. The van der Waals surface area contributed by atoms with E-state index in [1.807, 2.05) is 6.92 Å². The topological polar surface area (TPSA) is 69.4 Å². The zero-order valence-corrected chi connectivity index (χ0v) is 13.1. The summed E-state index contributed by atoms with van der Waals surface area (Å²) in [4.78, 5) is 21.5. The number of rotatable bonds is 9. The van der Waals surface area contributed by atoms with Gasteiger partial charge in [0.25, 0.3) is 5.24 Å². The number of carbonyl (C=O) groups excluding carboxylic acids is 1. The first-order valence-electron chi connectivity index (χ1n) is 7.10. The Bertz CT molecular complexity index is 504. The lowest BCUT2D eigenvalue weighted by Crippen LogP contribution is -2.12. The van der Waals surface area contributed by atoms with Gasteiger partial charge in [-0.1, -0.05) is 26.2 Å². The van der Waals surface area contributed by atoms with E-state index in [0.29, 0.717) is 0 Å². The SMILES string of the molecule is CCCCCC[C@H](C)Oc1ccc(C(=O)Cl)cc1[N+](=O)[O-]. The number of halogens is 1. The average Bonchev–Trinajstić information content (AvgIpc) is 2.43. The van der Waals surface area contributed by atoms with E-state index in [-0.39, 0.29) is 23.1 Å². The lowest BCUT2D eigenvalue weighted by Gasteiger charge is -2.14. The van der Waals surface area contributed by atoms with Crippen LogP contribution in [0.5, 0.6) is 5.75 Å². The van der Waals surface area contributed by atoms with Crippen LogP contribution in [-0.2, 0) is 0 Å². The Labute approximate surface area is 129 Å². The van der Waals surface area contributed by atoms with Crippen molar-refractivity contribution in [2.24, 2.45) is 0 Å². The van der Waals surface area contributed by atoms with Crippen LogP contribution >= 0.6 is 11.6 Å². The molecule has 5 nitrogen and oxygen atoms in total. The van der Waals surface area contributed by atoms with Gasteiger partial charge in [-0.15, -0.1) is 0 Å². The molecule has 0 heterocycles. The molecule has 0 saturated heterocycles. The highest BCUT2D eigenvalue weighted by Crippen LogP contribution is 2.30. The molecular formula is C15H20ClNO4. The summed E-state index contributed by atoms with van der Waals surface area (Å²) in [5, 5.41) is 10.3. The van der Waals surface area contributed by atoms with E-state index >= 15 is 0 Å². The van der Waals surface area contributed by atoms with Gasteiger partial charge in [0.2, 0.25) is 0 Å². The summed E-state index contributed by atoms with van der Waals surface area (Å²) >= 11 is 5.33. The van der Waals surface area contributed by atoms with Crippen LogP contribution in [0.4, 0.5) is 5.69 Å². The molecule has 0 aliphatic heterocycles. The Hall–Kier alpha value is -1.62. The maximum Gasteiger partial charge on any atom is 0.311 e. The number of hydrogen-bond acceptors (Lipinski definition) is 4. The summed E-state index contributed by atoms with van der Waals surface area (Å²) in [5.74, 6) is 0.171. The van der Waals surface area contributed by atoms with Crippen molar-refractivity contribution in [3.63, 3.8) is 0 Å². The minimum Gasteiger partial charge on any atom is -0.484 e. The van der Waals surface area contributed by atoms with Crippen LogP contribution in [0.2, 0.25) is 0 Å². The zero-order valence-electron chi connectivity index (χ0n) is 12.3. The van der Waals surface area contributed by atoms with Crippen LogP contribution in [0.25, 0.3) is 0 Å². The number of benzene rings is 1. The highest BCUT2D eigenvalue weighted by Gasteiger charge is 2.19. The Balaban J connectivity index is 2.73. The van der Waals surface area contributed by atoms with Gasteiger partial charge in [0.15, 0.2) is 5.75 Å². The summed E-state index contributed by atoms with van der Waals surface area (Å²) in [5.41, 5.74) is -0.145. The minimum atomic E-state index is -0.725. The molecule has 0 spiro atoms. The predicted molar refractivity (Wildman–Crippen MR) is 82.1 cm³/mol. The molecule has 0 aliphatic rings. The fourth-order valence-corrected chi connectivity index (χ4v) is 2.13. The molecule has 0 N–H and O–H groups in total. The first kappa shape index (κ1) is 17.4. The number of nitro benzene ring substituents is 1. The van der Waals surface area contributed by atoms with E-state index in [0.717, 1.165) is 31.7 Å². The summed E-state index contributed by atoms with van der Waals surface area (Å²) in [6.45, 7) is 4.03. The lowest BCUT2D eigenvalue weighted by molar-refractivity contribution is -0.386. The molecule has 0 radical (unpaired) electrons. The Kier molecular flexibility index (Phi) is 7.15. The molecule has 6 heteroatoms. The van der Waals surface area contributed by atoms with Gasteiger partial charge >= 0.3 is 5.69 Å². The monoisotopic (exact) mass is 313 g/mol. The van der Waals surface area contributed by atoms with E-state index in [2.05, 4.69) is 6.92 Å². The number of nitrogens with zero attached hydrogens (tertiary/aromatic N) is 1. The van der Waals surface area contributed by atoms with Crippen LogP contribution in [0, 0.1) is 10.1 Å². The third-order valence-electron chi connectivity index (χ3n) is 3.17. The highest BCUT2D eigenvalue weighted by molar-refractivity contribution is 6.67. The largest absolute Gasteiger partial charge is 0.484 e. The van der Waals surface area contributed by atoms with E-state index < -0.39 is 10.2 Å². The summed E-state index contributed by atoms with van der Waals surface area (Å²) in [6.07, 6.45) is 5.23. The van der Waals surface area contributed by atoms with Crippen LogP contribution < -0.4 is 4.74 Å². The van der Waals surface area contributed by atoms with Crippen molar-refractivity contribution in [1.82, 2.24) is 0 Å². The third kappa shape index (κ3) is 5.71. The van der Waals surface area contributed by atoms with Crippen LogP contribution in [0.15, 0.2) is 18.2 Å². The van der Waals surface area contributed by atoms with E-state index in [1.165, 1.54) is 18.6 Å². The van der Waals surface area contributed by atoms with Crippen molar-refractivity contribution in [2.75, 3.05) is 0 Å². The van der Waals surface area contributed by atoms with Crippen molar-refractivity contribution >= 4 is 22.5 Å². The maximum absolute atomic E-state index is 11.1. The number of ether oxygens (including phenoxy) is 1. The number of carbonyl (C=O) groups is 1. The van der Waals surface area contributed by atoms with Crippen molar-refractivity contribution in [1.29, 1.82) is 0 Å². The second-order valence-electron chi connectivity index (χ2n) is 4.99. The van der Waals surface area contributed by atoms with Gasteiger partial charge in [-0.25, -0.2) is 0 Å². The van der Waals surface area contributed by atoms with Gasteiger partial charge in [-0.05, 0) is 43.5 Å². The number of hydrogen-bond donors (Lipinski definition) is 0. The second-order valence-corrected chi connectivity index (χ2v) is 5.33. The normalized spacial score (nSPS) is 12.0. The summed E-state index contributed by atoms with van der Waals surface area (Å²) in [6, 6.07) is 4.01. The zero-order chi connectivity index (χ0) is 15.8. The van der Waals surface area contributed by atoms with E-state index in [1.54, 1.807) is 0 Å². The summed E-state index contributed by atoms with van der Waals surface area (Å²) < 4.78 is 5.63. The molecule has 0 aromatic heterocycles. The smallest absolute Gasteiger partial charge is 0.311 e. The Morgan fingerprint density at radius 1 is 1.38 bits per heavy atom. The quantitative estimate of drug-likeness (QED) is 0.286. The molecule has 0 aliphatic carbocycles. The van der Waals surface area contributed by atoms with Crippen molar-refractivity contribution in [3.8, 4) is 5.75 Å². The van der Waals surface area contributed by atoms with Gasteiger partial charge in [-0.2, -0.15) is 0 Å². The van der Waals surface area contributed by atoms with E-state index in [9.17, 15) is 14.9 Å². The molecule has 0 unspecified atom stereocenters. The Morgan fingerprint density at radius 2 is 2.10 bits per heavy atom. The minimum absolute atomic E-state index is 0.0892. The van der Waals surface area contributed by atoms with Gasteiger partial charge < -0.3 is 4.74 Å². The third-order valence-corrected chi connectivity index (χ3v) is 3.39. The first-order valence-corrected chi connectivity index (χ1v) is 7.48. The van der Waals surface area contributed by atoms with Gasteiger partial charge in [0.1, 0.15) is 0 Å². The molecule has 0 amide bonds. The molecule has 1 aromatic carbocycles. The molecule has 116 valence electrons. The van der Waals surface area contributed by atoms with Gasteiger partial charge in [-0.3, -0.25) is 14.9 Å². The lowest BCUT2D eigenvalue weighted by atomic mass is 10.1. The van der Waals surface area contributed by atoms with Crippen molar-refractivity contribution < 1.29 is 14.5 Å². The summed E-state index contributed by atoms with van der Waals surface area (Å²) in [7, 11) is 0. The van der Waals surface area contributed by atoms with Crippen LogP contribution in [0.1, 0.15) is 56.3 Å². The number of nitro groups is 1. The van der Waals surface area contributed by atoms with Gasteiger partial charge in [0.05, 0.1) is 11.0 Å². The Morgan fingerprint density at radius 3 is 2.67 bits per heavy atom. The van der Waals surface area contributed by atoms with E-state index in [4.69, 9.17) is 16.3 Å². The fraction of sp³-hybridized carbons (Fsp3) is 0.533. The second kappa shape index (κ2) is 8.62. The molecular weight excluding hydrogens is 294 g/mol. The highest BCUT2D eigenvalue weighted by atomic mass is 35.5. The van der Waals surface area contributed by atoms with Crippen molar-refractivity contribution in [3.05, 3.63) is 33.9 Å².